The lowest BCUT2D eigenvalue weighted by Gasteiger charge is -2.26. The number of nitrogens with one attached hydrogen (secondary N) is 2. The maximum Gasteiger partial charge on any atom is 0.186 e. The minimum absolute atomic E-state index is 0.528. The van der Waals surface area contributed by atoms with Crippen molar-refractivity contribution in [2.75, 3.05) is 39.4 Å². The zero-order chi connectivity index (χ0) is 15.6. The van der Waals surface area contributed by atoms with Gasteiger partial charge in [0.1, 0.15) is 0 Å². The van der Waals surface area contributed by atoms with Crippen LogP contribution in [0.25, 0.3) is 0 Å². The van der Waals surface area contributed by atoms with Gasteiger partial charge in [-0.2, -0.15) is 5.10 Å². The minimum Gasteiger partial charge on any atom is -0.379 e. The Morgan fingerprint density at radius 2 is 2.23 bits per heavy atom. The number of halogens is 1. The highest BCUT2D eigenvalue weighted by Gasteiger charge is 2.08. The molecule has 2 N–H and O–H groups in total. The van der Waals surface area contributed by atoms with Crippen LogP contribution in [0.1, 0.15) is 12.0 Å². The Morgan fingerprint density at radius 1 is 1.41 bits per heavy atom. The van der Waals surface area contributed by atoms with Crippen molar-refractivity contribution in [3.63, 3.8) is 0 Å². The summed E-state index contributed by atoms with van der Waals surface area (Å²) in [6.07, 6.45) is 2.73. The Labute approximate surface area is 141 Å². The van der Waals surface area contributed by atoms with Crippen LogP contribution in [0.4, 0.5) is 0 Å². The maximum absolute atomic E-state index is 5.90. The van der Waals surface area contributed by atoms with Gasteiger partial charge >= 0.3 is 0 Å². The first kappa shape index (κ1) is 17.1. The van der Waals surface area contributed by atoms with Gasteiger partial charge < -0.3 is 10.1 Å². The third-order valence-corrected chi connectivity index (χ3v) is 3.74. The van der Waals surface area contributed by atoms with E-state index in [0.29, 0.717) is 10.1 Å². The van der Waals surface area contributed by atoms with Gasteiger partial charge in [0.15, 0.2) is 5.11 Å². The summed E-state index contributed by atoms with van der Waals surface area (Å²) in [5, 5.41) is 8.45. The summed E-state index contributed by atoms with van der Waals surface area (Å²) in [7, 11) is 0. The van der Waals surface area contributed by atoms with Crippen LogP contribution in [0.2, 0.25) is 5.02 Å². The SMILES string of the molecule is S=C(NCCCN1CCOCC1)N/N=C/c1cccc(Cl)c1. The molecule has 120 valence electrons. The van der Waals surface area contributed by atoms with Gasteiger partial charge in [-0.25, -0.2) is 0 Å². The first-order chi connectivity index (χ1) is 10.7. The highest BCUT2D eigenvalue weighted by atomic mass is 35.5. The molecule has 1 aliphatic heterocycles. The number of morpholine rings is 1. The van der Waals surface area contributed by atoms with E-state index in [-0.39, 0.29) is 0 Å². The predicted molar refractivity (Wildman–Crippen MR) is 94.7 cm³/mol. The number of hydrazone groups is 1. The summed E-state index contributed by atoms with van der Waals surface area (Å²) in [6.45, 7) is 5.61. The van der Waals surface area contributed by atoms with E-state index in [2.05, 4.69) is 20.7 Å². The van der Waals surface area contributed by atoms with Gasteiger partial charge in [-0.05, 0) is 42.9 Å². The molecule has 0 spiro atoms. The van der Waals surface area contributed by atoms with Gasteiger partial charge in [-0.1, -0.05) is 23.7 Å². The van der Waals surface area contributed by atoms with Crippen molar-refractivity contribution in [3.8, 4) is 0 Å². The van der Waals surface area contributed by atoms with Crippen LogP contribution in [0, 0.1) is 0 Å². The van der Waals surface area contributed by atoms with Crippen molar-refractivity contribution in [3.05, 3.63) is 34.9 Å². The highest BCUT2D eigenvalue weighted by Crippen LogP contribution is 2.08. The molecule has 1 aliphatic rings. The van der Waals surface area contributed by atoms with Crippen molar-refractivity contribution in [1.82, 2.24) is 15.6 Å². The van der Waals surface area contributed by atoms with E-state index in [1.807, 2.05) is 24.3 Å². The van der Waals surface area contributed by atoms with E-state index in [1.54, 1.807) is 6.21 Å². The Kier molecular flexibility index (Phi) is 7.59. The summed E-state index contributed by atoms with van der Waals surface area (Å²) in [6, 6.07) is 7.47. The maximum atomic E-state index is 5.90. The molecule has 1 heterocycles. The molecule has 2 rings (SSSR count). The fourth-order valence-corrected chi connectivity index (χ4v) is 2.47. The van der Waals surface area contributed by atoms with E-state index >= 15 is 0 Å². The third kappa shape index (κ3) is 6.70. The summed E-state index contributed by atoms with van der Waals surface area (Å²) < 4.78 is 5.32. The molecule has 1 aromatic carbocycles. The molecule has 7 heteroatoms. The zero-order valence-electron chi connectivity index (χ0n) is 12.4. The minimum atomic E-state index is 0.528. The van der Waals surface area contributed by atoms with Crippen LogP contribution in [-0.4, -0.2) is 55.6 Å². The standard InChI is InChI=1S/C15H21ClN4OS/c16-14-4-1-3-13(11-14)12-18-19-15(22)17-5-2-6-20-7-9-21-10-8-20/h1,3-4,11-12H,2,5-10H2,(H2,17,19,22)/b18-12+. The average molecular weight is 341 g/mol. The van der Waals surface area contributed by atoms with Crippen LogP contribution in [0.5, 0.6) is 0 Å². The molecule has 1 aromatic rings. The van der Waals surface area contributed by atoms with Crippen molar-refractivity contribution in [1.29, 1.82) is 0 Å². The van der Waals surface area contributed by atoms with Gasteiger partial charge in [0, 0.05) is 24.7 Å². The number of hydrogen-bond donors (Lipinski definition) is 2. The molecule has 5 nitrogen and oxygen atoms in total. The fraction of sp³-hybridized carbons (Fsp3) is 0.467. The number of nitrogens with zero attached hydrogens (tertiary/aromatic N) is 2. The molecule has 0 amide bonds. The number of thiocarbonyl (C=S) groups is 1. The third-order valence-electron chi connectivity index (χ3n) is 3.27. The van der Waals surface area contributed by atoms with Crippen LogP contribution < -0.4 is 10.7 Å². The van der Waals surface area contributed by atoms with E-state index in [1.165, 1.54) is 0 Å². The quantitative estimate of drug-likeness (QED) is 0.358. The molecule has 0 saturated carbocycles. The van der Waals surface area contributed by atoms with Gasteiger partial charge in [-0.3, -0.25) is 10.3 Å². The molecule has 0 unspecified atom stereocenters. The molecular weight excluding hydrogens is 320 g/mol. The van der Waals surface area contributed by atoms with Crippen LogP contribution >= 0.6 is 23.8 Å². The normalized spacial score (nSPS) is 15.9. The topological polar surface area (TPSA) is 48.9 Å². The first-order valence-corrected chi connectivity index (χ1v) is 8.15. The number of rotatable bonds is 6. The Bertz CT molecular complexity index is 506. The second kappa shape index (κ2) is 9.74. The number of benzene rings is 1. The predicted octanol–water partition coefficient (Wildman–Crippen LogP) is 1.86. The first-order valence-electron chi connectivity index (χ1n) is 7.36. The van der Waals surface area contributed by atoms with Gasteiger partial charge in [-0.15, -0.1) is 0 Å². The van der Waals surface area contributed by atoms with E-state index in [9.17, 15) is 0 Å². The summed E-state index contributed by atoms with van der Waals surface area (Å²) in [5.74, 6) is 0. The van der Waals surface area contributed by atoms with E-state index in [4.69, 9.17) is 28.6 Å². The highest BCUT2D eigenvalue weighted by molar-refractivity contribution is 7.80. The second-order valence-electron chi connectivity index (χ2n) is 4.99. The molecule has 0 aromatic heterocycles. The molecule has 1 fully saturated rings. The van der Waals surface area contributed by atoms with Crippen molar-refractivity contribution in [2.24, 2.45) is 5.10 Å². The molecule has 0 radical (unpaired) electrons. The van der Waals surface area contributed by atoms with Gasteiger partial charge in [0.2, 0.25) is 0 Å². The molecule has 0 atom stereocenters. The van der Waals surface area contributed by atoms with Crippen LogP contribution in [0.15, 0.2) is 29.4 Å². The van der Waals surface area contributed by atoms with Crippen LogP contribution in [-0.2, 0) is 4.74 Å². The Balaban J connectivity index is 1.57. The molecule has 22 heavy (non-hydrogen) atoms. The van der Waals surface area contributed by atoms with Crippen molar-refractivity contribution >= 4 is 35.1 Å². The fourth-order valence-electron chi connectivity index (χ4n) is 2.12. The van der Waals surface area contributed by atoms with Crippen LogP contribution in [0.3, 0.4) is 0 Å². The number of hydrogen-bond acceptors (Lipinski definition) is 4. The smallest absolute Gasteiger partial charge is 0.186 e. The lowest BCUT2D eigenvalue weighted by molar-refractivity contribution is 0.0376. The zero-order valence-corrected chi connectivity index (χ0v) is 14.0. The average Bonchev–Trinajstić information content (AvgIpc) is 2.53. The van der Waals surface area contributed by atoms with Crippen molar-refractivity contribution < 1.29 is 4.74 Å². The van der Waals surface area contributed by atoms with E-state index < -0.39 is 0 Å². The number of ether oxygens (including phenoxy) is 1. The summed E-state index contributed by atoms with van der Waals surface area (Å²) >= 11 is 11.1. The van der Waals surface area contributed by atoms with Gasteiger partial charge in [0.25, 0.3) is 0 Å². The summed E-state index contributed by atoms with van der Waals surface area (Å²) in [4.78, 5) is 2.40. The Morgan fingerprint density at radius 3 is 3.00 bits per heavy atom. The van der Waals surface area contributed by atoms with Gasteiger partial charge in [0.05, 0.1) is 19.4 Å². The lowest BCUT2D eigenvalue weighted by atomic mass is 10.2. The lowest BCUT2D eigenvalue weighted by Crippen LogP contribution is -2.39. The monoisotopic (exact) mass is 340 g/mol. The largest absolute Gasteiger partial charge is 0.379 e. The Hall–Kier alpha value is -1.21. The molecule has 0 aliphatic carbocycles. The van der Waals surface area contributed by atoms with Crippen molar-refractivity contribution in [2.45, 2.75) is 6.42 Å². The summed E-state index contributed by atoms with van der Waals surface area (Å²) in [5.41, 5.74) is 3.73. The van der Waals surface area contributed by atoms with E-state index in [0.717, 1.165) is 51.4 Å². The molecule has 0 bridgehead atoms. The second-order valence-corrected chi connectivity index (χ2v) is 5.83. The molecule has 1 saturated heterocycles. The molecular formula is C15H21ClN4OS.